The van der Waals surface area contributed by atoms with Crippen LogP contribution in [0, 0.1) is 13.8 Å². The Labute approximate surface area is 89.6 Å². The molecule has 0 unspecified atom stereocenters. The summed E-state index contributed by atoms with van der Waals surface area (Å²) in [4.78, 5) is 0. The Morgan fingerprint density at radius 3 is 2.33 bits per heavy atom. The van der Waals surface area contributed by atoms with E-state index in [0.717, 1.165) is 11.3 Å². The van der Waals surface area contributed by atoms with Crippen molar-refractivity contribution in [3.05, 3.63) is 11.3 Å². The van der Waals surface area contributed by atoms with E-state index in [4.69, 9.17) is 0 Å². The Morgan fingerprint density at radius 1 is 1.33 bits per heavy atom. The zero-order valence-corrected chi connectivity index (χ0v) is 10.1. The van der Waals surface area contributed by atoms with Crippen molar-refractivity contribution >= 4 is 16.0 Å². The van der Waals surface area contributed by atoms with Crippen LogP contribution in [0.3, 0.4) is 0 Å². The standard InChI is InChI=1S/C8H16N4O2S/c1-5(2)11-15(13,14)12-8-6(3)7(4)9-10-8/h5,11H,1-4H3,(H2,9,10,12). The molecule has 0 aliphatic rings. The van der Waals surface area contributed by atoms with Crippen LogP contribution in [0.25, 0.3) is 0 Å². The van der Waals surface area contributed by atoms with Gasteiger partial charge in [0.2, 0.25) is 0 Å². The van der Waals surface area contributed by atoms with Crippen molar-refractivity contribution < 1.29 is 8.42 Å². The first kappa shape index (κ1) is 12.0. The molecule has 1 heterocycles. The van der Waals surface area contributed by atoms with E-state index in [2.05, 4.69) is 19.6 Å². The van der Waals surface area contributed by atoms with Crippen LogP contribution in [0.4, 0.5) is 5.82 Å². The molecule has 1 rings (SSSR count). The van der Waals surface area contributed by atoms with Gasteiger partial charge < -0.3 is 0 Å². The molecule has 0 aliphatic heterocycles. The lowest BCUT2D eigenvalue weighted by atomic mass is 10.3. The number of nitrogens with zero attached hydrogens (tertiary/aromatic N) is 1. The van der Waals surface area contributed by atoms with E-state index >= 15 is 0 Å². The molecule has 1 aromatic heterocycles. The molecule has 0 atom stereocenters. The highest BCUT2D eigenvalue weighted by Crippen LogP contribution is 2.14. The minimum atomic E-state index is -3.53. The summed E-state index contributed by atoms with van der Waals surface area (Å²) in [7, 11) is -3.53. The SMILES string of the molecule is Cc1[nH]nc(NS(=O)(=O)NC(C)C)c1C. The van der Waals surface area contributed by atoms with Crippen LogP contribution in [0.1, 0.15) is 25.1 Å². The summed E-state index contributed by atoms with van der Waals surface area (Å²) in [6, 6.07) is -0.150. The van der Waals surface area contributed by atoms with Gasteiger partial charge in [-0.2, -0.15) is 18.2 Å². The van der Waals surface area contributed by atoms with Crippen LogP contribution >= 0.6 is 0 Å². The quantitative estimate of drug-likeness (QED) is 0.713. The molecule has 0 aliphatic carbocycles. The van der Waals surface area contributed by atoms with E-state index in [1.807, 2.05) is 6.92 Å². The molecule has 1 aromatic rings. The van der Waals surface area contributed by atoms with Crippen molar-refractivity contribution in [2.24, 2.45) is 0 Å². The fourth-order valence-electron chi connectivity index (χ4n) is 1.05. The van der Waals surface area contributed by atoms with Gasteiger partial charge >= 0.3 is 10.2 Å². The normalized spacial score (nSPS) is 12.1. The first-order chi connectivity index (χ1) is 6.82. The van der Waals surface area contributed by atoms with Gasteiger partial charge in [-0.15, -0.1) is 0 Å². The van der Waals surface area contributed by atoms with Gasteiger partial charge in [0.1, 0.15) is 0 Å². The average Bonchev–Trinajstić information content (AvgIpc) is 2.33. The monoisotopic (exact) mass is 232 g/mol. The predicted molar refractivity (Wildman–Crippen MR) is 58.9 cm³/mol. The van der Waals surface area contributed by atoms with Gasteiger partial charge in [0.15, 0.2) is 5.82 Å². The van der Waals surface area contributed by atoms with E-state index in [9.17, 15) is 8.42 Å². The molecular formula is C8H16N4O2S. The zero-order valence-electron chi connectivity index (χ0n) is 9.25. The topological polar surface area (TPSA) is 86.9 Å². The zero-order chi connectivity index (χ0) is 11.6. The summed E-state index contributed by atoms with van der Waals surface area (Å²) in [5.41, 5.74) is 1.64. The van der Waals surface area contributed by atoms with Gasteiger partial charge in [-0.1, -0.05) is 0 Å². The number of rotatable bonds is 4. The summed E-state index contributed by atoms with van der Waals surface area (Å²) in [5.74, 6) is 0.334. The number of aromatic nitrogens is 2. The van der Waals surface area contributed by atoms with Crippen LogP contribution in [0.2, 0.25) is 0 Å². The lowest BCUT2D eigenvalue weighted by molar-refractivity contribution is 0.575. The molecule has 0 aromatic carbocycles. The Kier molecular flexibility index (Phi) is 3.35. The molecule has 0 radical (unpaired) electrons. The second-order valence-electron chi connectivity index (χ2n) is 3.70. The molecule has 0 spiro atoms. The maximum Gasteiger partial charge on any atom is 0.300 e. The molecule has 0 amide bonds. The highest BCUT2D eigenvalue weighted by molar-refractivity contribution is 7.90. The maximum absolute atomic E-state index is 11.5. The van der Waals surface area contributed by atoms with Crippen LogP contribution in [0.5, 0.6) is 0 Å². The van der Waals surface area contributed by atoms with Gasteiger partial charge in [-0.25, -0.2) is 0 Å². The summed E-state index contributed by atoms with van der Waals surface area (Å²) < 4.78 is 27.8. The van der Waals surface area contributed by atoms with E-state index in [0.29, 0.717) is 5.82 Å². The summed E-state index contributed by atoms with van der Waals surface area (Å²) in [6.07, 6.45) is 0. The number of H-pyrrole nitrogens is 1. The minimum Gasteiger partial charge on any atom is -0.280 e. The van der Waals surface area contributed by atoms with Crippen molar-refractivity contribution in [2.45, 2.75) is 33.7 Å². The third kappa shape index (κ3) is 3.21. The van der Waals surface area contributed by atoms with Crippen LogP contribution in [0.15, 0.2) is 0 Å². The van der Waals surface area contributed by atoms with Crippen LogP contribution in [-0.2, 0) is 10.2 Å². The second kappa shape index (κ2) is 4.19. The third-order valence-corrected chi connectivity index (χ3v) is 3.12. The second-order valence-corrected chi connectivity index (χ2v) is 5.15. The lowest BCUT2D eigenvalue weighted by Gasteiger charge is -2.10. The van der Waals surface area contributed by atoms with Gasteiger partial charge in [-0.3, -0.25) is 9.82 Å². The molecule has 6 nitrogen and oxygen atoms in total. The minimum absolute atomic E-state index is 0.150. The van der Waals surface area contributed by atoms with E-state index < -0.39 is 10.2 Å². The van der Waals surface area contributed by atoms with E-state index in [-0.39, 0.29) is 6.04 Å². The van der Waals surface area contributed by atoms with E-state index in [1.165, 1.54) is 0 Å². The summed E-state index contributed by atoms with van der Waals surface area (Å²) >= 11 is 0. The maximum atomic E-state index is 11.5. The fourth-order valence-corrected chi connectivity index (χ4v) is 2.18. The fraction of sp³-hybridized carbons (Fsp3) is 0.625. The van der Waals surface area contributed by atoms with Gasteiger partial charge in [0.25, 0.3) is 0 Å². The highest BCUT2D eigenvalue weighted by atomic mass is 32.2. The smallest absolute Gasteiger partial charge is 0.280 e. The number of anilines is 1. The third-order valence-electron chi connectivity index (χ3n) is 1.88. The largest absolute Gasteiger partial charge is 0.300 e. The van der Waals surface area contributed by atoms with Crippen LogP contribution < -0.4 is 9.44 Å². The van der Waals surface area contributed by atoms with Crippen molar-refractivity contribution in [3.8, 4) is 0 Å². The van der Waals surface area contributed by atoms with Crippen molar-refractivity contribution in [2.75, 3.05) is 4.72 Å². The average molecular weight is 232 g/mol. The molecule has 86 valence electrons. The number of hydrogen-bond donors (Lipinski definition) is 3. The lowest BCUT2D eigenvalue weighted by Crippen LogP contribution is -2.35. The van der Waals surface area contributed by atoms with Gasteiger partial charge in [0.05, 0.1) is 0 Å². The summed E-state index contributed by atoms with van der Waals surface area (Å²) in [5, 5.41) is 6.56. The number of hydrogen-bond acceptors (Lipinski definition) is 3. The van der Waals surface area contributed by atoms with Crippen molar-refractivity contribution in [1.82, 2.24) is 14.9 Å². The Morgan fingerprint density at radius 2 is 1.93 bits per heavy atom. The molecule has 0 bridgehead atoms. The molecule has 15 heavy (non-hydrogen) atoms. The van der Waals surface area contributed by atoms with Crippen molar-refractivity contribution in [1.29, 1.82) is 0 Å². The number of aryl methyl sites for hydroxylation is 1. The first-order valence-electron chi connectivity index (χ1n) is 4.63. The Hall–Kier alpha value is -1.08. The molecule has 0 saturated heterocycles. The molecule has 7 heteroatoms. The molecule has 0 saturated carbocycles. The van der Waals surface area contributed by atoms with E-state index in [1.54, 1.807) is 20.8 Å². The van der Waals surface area contributed by atoms with Gasteiger partial charge in [0, 0.05) is 17.3 Å². The molecular weight excluding hydrogens is 216 g/mol. The highest BCUT2D eigenvalue weighted by Gasteiger charge is 2.15. The van der Waals surface area contributed by atoms with Crippen LogP contribution in [-0.4, -0.2) is 24.7 Å². The number of aromatic amines is 1. The molecule has 3 N–H and O–H groups in total. The number of nitrogens with one attached hydrogen (secondary N) is 3. The Balaban J connectivity index is 2.82. The molecule has 0 fully saturated rings. The predicted octanol–water partition coefficient (Wildman–Crippen LogP) is 0.681. The first-order valence-corrected chi connectivity index (χ1v) is 6.12. The summed E-state index contributed by atoms with van der Waals surface area (Å²) in [6.45, 7) is 7.13. The Bertz CT molecular complexity index is 435. The van der Waals surface area contributed by atoms with Crippen molar-refractivity contribution in [3.63, 3.8) is 0 Å². The van der Waals surface area contributed by atoms with Gasteiger partial charge in [-0.05, 0) is 27.7 Å².